The van der Waals surface area contributed by atoms with Gasteiger partial charge in [0.1, 0.15) is 0 Å². The predicted octanol–water partition coefficient (Wildman–Crippen LogP) is 1.70. The van der Waals surface area contributed by atoms with Crippen LogP contribution in [0.2, 0.25) is 0 Å². The molecule has 0 bridgehead atoms. The molecule has 18 heavy (non-hydrogen) atoms. The third-order valence-electron chi connectivity index (χ3n) is 3.21. The Morgan fingerprint density at radius 3 is 3.22 bits per heavy atom. The van der Waals surface area contributed by atoms with Gasteiger partial charge in [0.25, 0.3) is 0 Å². The third kappa shape index (κ3) is 3.23. The quantitative estimate of drug-likeness (QED) is 0.615. The molecule has 0 atom stereocenters. The smallest absolute Gasteiger partial charge is 0.306 e. The molecule has 2 N–H and O–H groups in total. The average Bonchev–Trinajstić information content (AvgIpc) is 2.43. The van der Waals surface area contributed by atoms with E-state index in [1.807, 2.05) is 0 Å². The number of fused-ring (bicyclic) bond motifs is 1. The SMILES string of the molecule is COC(=O)CCNCc1cccc2c1NCCC2. The summed E-state index contributed by atoms with van der Waals surface area (Å²) in [6.45, 7) is 2.48. The number of carbonyl (C=O) groups is 1. The maximum absolute atomic E-state index is 11.0. The second-order valence-electron chi connectivity index (χ2n) is 4.48. The molecular weight excluding hydrogens is 228 g/mol. The summed E-state index contributed by atoms with van der Waals surface area (Å²) in [7, 11) is 1.42. The molecule has 4 heteroatoms. The fourth-order valence-corrected chi connectivity index (χ4v) is 2.24. The Hall–Kier alpha value is -1.55. The maximum Gasteiger partial charge on any atom is 0.306 e. The number of anilines is 1. The topological polar surface area (TPSA) is 50.4 Å². The standard InChI is InChI=1S/C14H20N2O2/c1-18-13(17)7-9-15-10-12-5-2-4-11-6-3-8-16-14(11)12/h2,4-5,15-16H,3,6-10H2,1H3. The zero-order valence-electron chi connectivity index (χ0n) is 10.8. The van der Waals surface area contributed by atoms with Gasteiger partial charge in [0.2, 0.25) is 0 Å². The first kappa shape index (κ1) is 12.9. The number of para-hydroxylation sites is 1. The number of hydrogen-bond acceptors (Lipinski definition) is 4. The lowest BCUT2D eigenvalue weighted by Gasteiger charge is -2.21. The van der Waals surface area contributed by atoms with Crippen LogP contribution < -0.4 is 10.6 Å². The van der Waals surface area contributed by atoms with Gasteiger partial charge in [0, 0.05) is 25.3 Å². The van der Waals surface area contributed by atoms with E-state index >= 15 is 0 Å². The van der Waals surface area contributed by atoms with Gasteiger partial charge in [0.05, 0.1) is 13.5 Å². The summed E-state index contributed by atoms with van der Waals surface area (Å²) in [4.78, 5) is 11.0. The highest BCUT2D eigenvalue weighted by Crippen LogP contribution is 2.25. The Kier molecular flexibility index (Phi) is 4.59. The number of rotatable bonds is 5. The van der Waals surface area contributed by atoms with E-state index in [4.69, 9.17) is 0 Å². The van der Waals surface area contributed by atoms with Crippen molar-refractivity contribution in [3.63, 3.8) is 0 Å². The van der Waals surface area contributed by atoms with Crippen LogP contribution >= 0.6 is 0 Å². The first-order valence-corrected chi connectivity index (χ1v) is 6.43. The van der Waals surface area contributed by atoms with Gasteiger partial charge in [-0.15, -0.1) is 0 Å². The molecule has 0 saturated heterocycles. The molecule has 0 aliphatic carbocycles. The highest BCUT2D eigenvalue weighted by molar-refractivity contribution is 5.69. The van der Waals surface area contributed by atoms with E-state index in [9.17, 15) is 4.79 Å². The molecule has 0 saturated carbocycles. The molecule has 0 spiro atoms. The van der Waals surface area contributed by atoms with E-state index in [2.05, 4.69) is 33.6 Å². The lowest BCUT2D eigenvalue weighted by molar-refractivity contribution is -0.140. The molecule has 0 fully saturated rings. The van der Waals surface area contributed by atoms with Crippen LogP contribution in [0.15, 0.2) is 18.2 Å². The largest absolute Gasteiger partial charge is 0.469 e. The summed E-state index contributed by atoms with van der Waals surface area (Å²) in [6.07, 6.45) is 2.77. The Balaban J connectivity index is 1.88. The molecule has 98 valence electrons. The zero-order chi connectivity index (χ0) is 12.8. The van der Waals surface area contributed by atoms with Crippen molar-refractivity contribution < 1.29 is 9.53 Å². The van der Waals surface area contributed by atoms with E-state index in [0.29, 0.717) is 13.0 Å². The van der Waals surface area contributed by atoms with Crippen LogP contribution in [-0.4, -0.2) is 26.2 Å². The number of ether oxygens (including phenoxy) is 1. The van der Waals surface area contributed by atoms with Crippen molar-refractivity contribution in [1.29, 1.82) is 0 Å². The normalized spacial score (nSPS) is 13.6. The molecule has 0 unspecified atom stereocenters. The van der Waals surface area contributed by atoms with Crippen molar-refractivity contribution >= 4 is 11.7 Å². The Labute approximate surface area is 108 Å². The molecule has 0 amide bonds. The number of hydrogen-bond donors (Lipinski definition) is 2. The van der Waals surface area contributed by atoms with Crippen molar-refractivity contribution in [2.75, 3.05) is 25.5 Å². The monoisotopic (exact) mass is 248 g/mol. The van der Waals surface area contributed by atoms with E-state index < -0.39 is 0 Å². The van der Waals surface area contributed by atoms with Crippen molar-refractivity contribution in [2.24, 2.45) is 0 Å². The number of aryl methyl sites for hydroxylation is 1. The molecule has 1 aliphatic rings. The number of methoxy groups -OCH3 is 1. The van der Waals surface area contributed by atoms with Gasteiger partial charge in [-0.2, -0.15) is 0 Å². The average molecular weight is 248 g/mol. The number of nitrogens with one attached hydrogen (secondary N) is 2. The lowest BCUT2D eigenvalue weighted by atomic mass is 9.99. The van der Waals surface area contributed by atoms with Gasteiger partial charge in [-0.1, -0.05) is 18.2 Å². The van der Waals surface area contributed by atoms with E-state index in [1.165, 1.54) is 30.3 Å². The Morgan fingerprint density at radius 1 is 1.50 bits per heavy atom. The van der Waals surface area contributed by atoms with E-state index in [1.54, 1.807) is 0 Å². The molecule has 1 aromatic carbocycles. The summed E-state index contributed by atoms with van der Waals surface area (Å²) in [5.41, 5.74) is 3.94. The first-order chi connectivity index (χ1) is 8.81. The third-order valence-corrected chi connectivity index (χ3v) is 3.21. The van der Waals surface area contributed by atoms with Crippen LogP contribution in [-0.2, 0) is 22.5 Å². The minimum Gasteiger partial charge on any atom is -0.469 e. The van der Waals surface area contributed by atoms with Crippen molar-refractivity contribution in [3.05, 3.63) is 29.3 Å². The van der Waals surface area contributed by atoms with Crippen molar-refractivity contribution in [1.82, 2.24) is 5.32 Å². The van der Waals surface area contributed by atoms with Gasteiger partial charge in [-0.05, 0) is 24.0 Å². The summed E-state index contributed by atoms with van der Waals surface area (Å²) in [5.74, 6) is -0.171. The first-order valence-electron chi connectivity index (χ1n) is 6.43. The van der Waals surface area contributed by atoms with Crippen LogP contribution in [0.4, 0.5) is 5.69 Å². The highest BCUT2D eigenvalue weighted by atomic mass is 16.5. The van der Waals surface area contributed by atoms with Crippen LogP contribution in [0.3, 0.4) is 0 Å². The molecule has 1 aromatic rings. The zero-order valence-corrected chi connectivity index (χ0v) is 10.8. The second-order valence-corrected chi connectivity index (χ2v) is 4.48. The van der Waals surface area contributed by atoms with Crippen molar-refractivity contribution in [3.8, 4) is 0 Å². The van der Waals surface area contributed by atoms with Crippen LogP contribution in [0.1, 0.15) is 24.0 Å². The Morgan fingerprint density at radius 2 is 2.39 bits per heavy atom. The maximum atomic E-state index is 11.0. The molecule has 1 aliphatic heterocycles. The van der Waals surface area contributed by atoms with Crippen LogP contribution in [0, 0.1) is 0 Å². The number of benzene rings is 1. The summed E-state index contributed by atoms with van der Waals surface area (Å²) < 4.78 is 4.60. The predicted molar refractivity (Wildman–Crippen MR) is 71.6 cm³/mol. The van der Waals surface area contributed by atoms with Gasteiger partial charge in [-0.3, -0.25) is 4.79 Å². The van der Waals surface area contributed by atoms with Gasteiger partial charge < -0.3 is 15.4 Å². The molecule has 2 rings (SSSR count). The van der Waals surface area contributed by atoms with Gasteiger partial charge in [0.15, 0.2) is 0 Å². The molecule has 4 nitrogen and oxygen atoms in total. The van der Waals surface area contributed by atoms with E-state index in [0.717, 1.165) is 19.5 Å². The minimum atomic E-state index is -0.171. The van der Waals surface area contributed by atoms with Gasteiger partial charge in [-0.25, -0.2) is 0 Å². The van der Waals surface area contributed by atoms with Crippen molar-refractivity contribution in [2.45, 2.75) is 25.8 Å². The fourth-order valence-electron chi connectivity index (χ4n) is 2.24. The molecule has 0 radical (unpaired) electrons. The molecule has 1 heterocycles. The summed E-state index contributed by atoms with van der Waals surface area (Å²) >= 11 is 0. The second kappa shape index (κ2) is 6.40. The van der Waals surface area contributed by atoms with E-state index in [-0.39, 0.29) is 5.97 Å². The molecule has 0 aromatic heterocycles. The minimum absolute atomic E-state index is 0.171. The Bertz CT molecular complexity index is 418. The highest BCUT2D eigenvalue weighted by Gasteiger charge is 2.11. The summed E-state index contributed by atoms with van der Waals surface area (Å²) in [5, 5.41) is 6.74. The number of carbonyl (C=O) groups excluding carboxylic acids is 1. The van der Waals surface area contributed by atoms with Crippen LogP contribution in [0.5, 0.6) is 0 Å². The molecular formula is C14H20N2O2. The summed E-state index contributed by atoms with van der Waals surface area (Å²) in [6, 6.07) is 6.41. The lowest BCUT2D eigenvalue weighted by Crippen LogP contribution is -2.21. The van der Waals surface area contributed by atoms with Gasteiger partial charge >= 0.3 is 5.97 Å². The fraction of sp³-hybridized carbons (Fsp3) is 0.500. The number of esters is 1. The van der Waals surface area contributed by atoms with Crippen LogP contribution in [0.25, 0.3) is 0 Å².